The van der Waals surface area contributed by atoms with E-state index < -0.39 is 11.6 Å². The maximum absolute atomic E-state index is 13.6. The molecule has 1 N–H and O–H groups in total. The fourth-order valence-electron chi connectivity index (χ4n) is 5.30. The summed E-state index contributed by atoms with van der Waals surface area (Å²) < 4.78 is 6.40. The van der Waals surface area contributed by atoms with Crippen molar-refractivity contribution < 1.29 is 19.4 Å². The highest BCUT2D eigenvalue weighted by atomic mass is 16.5. The van der Waals surface area contributed by atoms with Gasteiger partial charge in [0.25, 0.3) is 5.91 Å². The molecule has 1 aliphatic heterocycles. The summed E-state index contributed by atoms with van der Waals surface area (Å²) in [6.07, 6.45) is 1.37. The van der Waals surface area contributed by atoms with Gasteiger partial charge in [-0.3, -0.25) is 9.59 Å². The molecule has 5 heteroatoms. The zero-order chi connectivity index (χ0) is 29.3. The fraction of sp³-hybridized carbons (Fsp3) is 0.429. The number of fused-ring (bicyclic) bond motifs is 1. The van der Waals surface area contributed by atoms with Crippen molar-refractivity contribution in [2.24, 2.45) is 0 Å². The van der Waals surface area contributed by atoms with Crippen LogP contribution in [0.15, 0.2) is 66.7 Å². The van der Waals surface area contributed by atoms with Crippen molar-refractivity contribution in [3.8, 4) is 5.75 Å². The first-order valence-electron chi connectivity index (χ1n) is 14.1. The molecule has 0 saturated heterocycles. The van der Waals surface area contributed by atoms with Crippen LogP contribution in [0.25, 0.3) is 0 Å². The fourth-order valence-corrected chi connectivity index (χ4v) is 5.30. The average molecular weight is 542 g/mol. The number of amides is 1. The Kier molecular flexibility index (Phi) is 8.16. The summed E-state index contributed by atoms with van der Waals surface area (Å²) in [6, 6.07) is 22.6. The third kappa shape index (κ3) is 7.12. The van der Waals surface area contributed by atoms with Crippen LogP contribution in [0.5, 0.6) is 5.75 Å². The summed E-state index contributed by atoms with van der Waals surface area (Å²) in [6.45, 7) is 15.7. The molecule has 212 valence electrons. The summed E-state index contributed by atoms with van der Waals surface area (Å²) >= 11 is 0. The SMILES string of the molecule is CC(C)(C)c1ccc(CN(CCC(=O)O)C(=O)c2ccc3c(c2)C[C@](C)(Cc2ccc(C(C)(C)C)cc2)O3)cc1. The Labute approximate surface area is 239 Å². The molecule has 1 amide bonds. The number of carboxylic acid groups (broad SMARTS) is 1. The number of aliphatic carboxylic acids is 1. The van der Waals surface area contributed by atoms with Crippen molar-refractivity contribution in [2.45, 2.75) is 90.7 Å². The molecule has 0 unspecified atom stereocenters. The average Bonchev–Trinajstić information content (AvgIpc) is 3.20. The molecule has 40 heavy (non-hydrogen) atoms. The zero-order valence-corrected chi connectivity index (χ0v) is 25.0. The largest absolute Gasteiger partial charge is 0.487 e. The molecule has 0 aliphatic carbocycles. The normalized spacial score (nSPS) is 16.8. The van der Waals surface area contributed by atoms with E-state index in [-0.39, 0.29) is 29.7 Å². The molecule has 0 bridgehead atoms. The van der Waals surface area contributed by atoms with Crippen LogP contribution in [0, 0.1) is 0 Å². The zero-order valence-electron chi connectivity index (χ0n) is 25.0. The highest BCUT2D eigenvalue weighted by molar-refractivity contribution is 5.95. The van der Waals surface area contributed by atoms with Gasteiger partial charge in [0, 0.05) is 31.5 Å². The molecule has 1 heterocycles. The number of carbonyl (C=O) groups is 2. The van der Waals surface area contributed by atoms with Gasteiger partial charge in [-0.15, -0.1) is 0 Å². The Bertz CT molecular complexity index is 1360. The Morgan fingerprint density at radius 1 is 0.850 bits per heavy atom. The van der Waals surface area contributed by atoms with Crippen LogP contribution >= 0.6 is 0 Å². The molecule has 0 radical (unpaired) electrons. The van der Waals surface area contributed by atoms with E-state index in [1.165, 1.54) is 16.7 Å². The van der Waals surface area contributed by atoms with Crippen LogP contribution < -0.4 is 4.74 Å². The van der Waals surface area contributed by atoms with Crippen molar-refractivity contribution >= 4 is 11.9 Å². The molecule has 0 fully saturated rings. The number of nitrogens with zero attached hydrogens (tertiary/aromatic N) is 1. The number of ether oxygens (including phenoxy) is 1. The predicted octanol–water partition coefficient (Wildman–Crippen LogP) is 7.34. The van der Waals surface area contributed by atoms with E-state index in [2.05, 4.69) is 84.9 Å². The molecular formula is C35H43NO4. The van der Waals surface area contributed by atoms with Crippen molar-refractivity contribution in [3.05, 3.63) is 100 Å². The van der Waals surface area contributed by atoms with Crippen LogP contribution in [-0.2, 0) is 35.0 Å². The summed E-state index contributed by atoms with van der Waals surface area (Å²) in [7, 11) is 0. The number of carbonyl (C=O) groups excluding carboxylic acids is 1. The van der Waals surface area contributed by atoms with E-state index in [0.717, 1.165) is 23.3 Å². The van der Waals surface area contributed by atoms with Gasteiger partial charge in [0.1, 0.15) is 11.4 Å². The molecule has 0 spiro atoms. The summed E-state index contributed by atoms with van der Waals surface area (Å²) in [5.41, 5.74) is 6.02. The first-order chi connectivity index (χ1) is 18.6. The van der Waals surface area contributed by atoms with Crippen LogP contribution in [0.3, 0.4) is 0 Å². The molecule has 0 saturated carbocycles. The first-order valence-corrected chi connectivity index (χ1v) is 14.1. The first kappa shape index (κ1) is 29.4. The van der Waals surface area contributed by atoms with Crippen LogP contribution in [0.2, 0.25) is 0 Å². The van der Waals surface area contributed by atoms with Crippen molar-refractivity contribution in [1.29, 1.82) is 0 Å². The third-order valence-corrected chi connectivity index (χ3v) is 7.70. The van der Waals surface area contributed by atoms with Gasteiger partial charge >= 0.3 is 5.97 Å². The highest BCUT2D eigenvalue weighted by Gasteiger charge is 2.35. The molecule has 3 aromatic carbocycles. The third-order valence-electron chi connectivity index (χ3n) is 7.70. The Balaban J connectivity index is 1.49. The summed E-state index contributed by atoms with van der Waals surface area (Å²) in [5.74, 6) is -0.287. The van der Waals surface area contributed by atoms with Crippen LogP contribution in [0.1, 0.15) is 93.1 Å². The van der Waals surface area contributed by atoms with Crippen molar-refractivity contribution in [1.82, 2.24) is 4.90 Å². The lowest BCUT2D eigenvalue weighted by atomic mass is 9.85. The number of rotatable bonds is 8. The van der Waals surface area contributed by atoms with Crippen LogP contribution in [-0.4, -0.2) is 34.0 Å². The lowest BCUT2D eigenvalue weighted by Gasteiger charge is -2.25. The van der Waals surface area contributed by atoms with E-state index in [1.807, 2.05) is 24.3 Å². The summed E-state index contributed by atoms with van der Waals surface area (Å²) in [5, 5.41) is 9.31. The Morgan fingerprint density at radius 2 is 1.40 bits per heavy atom. The Morgan fingerprint density at radius 3 is 1.93 bits per heavy atom. The highest BCUT2D eigenvalue weighted by Crippen LogP contribution is 2.38. The van der Waals surface area contributed by atoms with E-state index >= 15 is 0 Å². The van der Waals surface area contributed by atoms with Gasteiger partial charge < -0.3 is 14.7 Å². The topological polar surface area (TPSA) is 66.8 Å². The van der Waals surface area contributed by atoms with Gasteiger partial charge in [0.15, 0.2) is 0 Å². The lowest BCUT2D eigenvalue weighted by molar-refractivity contribution is -0.137. The second kappa shape index (κ2) is 11.1. The van der Waals surface area contributed by atoms with E-state index in [9.17, 15) is 14.7 Å². The van der Waals surface area contributed by atoms with Crippen molar-refractivity contribution in [2.75, 3.05) is 6.54 Å². The maximum Gasteiger partial charge on any atom is 0.305 e. The molecule has 4 rings (SSSR count). The minimum Gasteiger partial charge on any atom is -0.487 e. The molecule has 1 aliphatic rings. The second-order valence-electron chi connectivity index (χ2n) is 13.5. The smallest absolute Gasteiger partial charge is 0.305 e. The molecule has 1 atom stereocenters. The molecule has 0 aromatic heterocycles. The van der Waals surface area contributed by atoms with E-state index in [4.69, 9.17) is 4.74 Å². The van der Waals surface area contributed by atoms with Gasteiger partial charge in [0.05, 0.1) is 6.42 Å². The molecule has 5 nitrogen and oxygen atoms in total. The van der Waals surface area contributed by atoms with E-state index in [0.29, 0.717) is 18.5 Å². The monoisotopic (exact) mass is 541 g/mol. The van der Waals surface area contributed by atoms with E-state index in [1.54, 1.807) is 11.0 Å². The number of hydrogen-bond acceptors (Lipinski definition) is 3. The molecular weight excluding hydrogens is 498 g/mol. The van der Waals surface area contributed by atoms with Gasteiger partial charge in [-0.1, -0.05) is 90.1 Å². The van der Waals surface area contributed by atoms with Gasteiger partial charge in [0.2, 0.25) is 0 Å². The van der Waals surface area contributed by atoms with Gasteiger partial charge in [-0.25, -0.2) is 0 Å². The predicted molar refractivity (Wildman–Crippen MR) is 160 cm³/mol. The second-order valence-corrected chi connectivity index (χ2v) is 13.5. The maximum atomic E-state index is 13.6. The van der Waals surface area contributed by atoms with Crippen LogP contribution in [0.4, 0.5) is 0 Å². The summed E-state index contributed by atoms with van der Waals surface area (Å²) in [4.78, 5) is 26.6. The van der Waals surface area contributed by atoms with Crippen molar-refractivity contribution in [3.63, 3.8) is 0 Å². The lowest BCUT2D eigenvalue weighted by Crippen LogP contribution is -2.33. The number of carboxylic acids is 1. The number of benzene rings is 3. The van der Waals surface area contributed by atoms with Gasteiger partial charge in [-0.2, -0.15) is 0 Å². The molecule has 3 aromatic rings. The minimum atomic E-state index is -0.922. The standard InChI is InChI=1S/C35H43NO4/c1-33(2,3)28-13-8-24(9-14-28)21-35(7)22-27-20-26(12-17-30(27)40-35)32(39)36(19-18-31(37)38)23-25-10-15-29(16-11-25)34(4,5)6/h8-17,20H,18-19,21-23H2,1-7H3,(H,37,38)/t35-/m0/s1. The Hall–Kier alpha value is -3.60. The van der Waals surface area contributed by atoms with Gasteiger partial charge in [-0.05, 0) is 63.8 Å². The minimum absolute atomic E-state index is 0.0359. The number of hydrogen-bond donors (Lipinski definition) is 1. The quantitative estimate of drug-likeness (QED) is 0.324.